The smallest absolute Gasteiger partial charge is 0.326 e. The van der Waals surface area contributed by atoms with Crippen LogP contribution in [0.1, 0.15) is 20.1 Å². The fraction of sp³-hybridized carbons (Fsp3) is 0.600. The van der Waals surface area contributed by atoms with Crippen molar-refractivity contribution in [1.29, 1.82) is 0 Å². The summed E-state index contributed by atoms with van der Waals surface area (Å²) in [7, 11) is 0. The number of aromatic nitrogens is 4. The molecule has 11 nitrogen and oxygen atoms in total. The summed E-state index contributed by atoms with van der Waals surface area (Å²) in [6.45, 7) is 3.08. The van der Waals surface area contributed by atoms with Crippen LogP contribution in [0.15, 0.2) is 12.7 Å². The zero-order valence-electron chi connectivity index (χ0n) is 14.2. The lowest BCUT2D eigenvalue weighted by molar-refractivity contribution is -0.138. The molecule has 0 radical (unpaired) electrons. The minimum atomic E-state index is -1.28. The van der Waals surface area contributed by atoms with Crippen LogP contribution in [-0.2, 0) is 9.53 Å². The Morgan fingerprint density at radius 3 is 2.62 bits per heavy atom. The highest BCUT2D eigenvalue weighted by molar-refractivity contribution is 5.86. The maximum atomic E-state index is 11.4. The number of ether oxygens (including phenoxy) is 1. The third kappa shape index (κ3) is 3.09. The van der Waals surface area contributed by atoms with Crippen molar-refractivity contribution in [2.24, 2.45) is 5.92 Å². The Bertz CT molecular complexity index is 796. The van der Waals surface area contributed by atoms with Crippen molar-refractivity contribution in [2.45, 2.75) is 44.4 Å². The maximum absolute atomic E-state index is 11.4. The fourth-order valence-corrected chi connectivity index (χ4v) is 2.91. The molecule has 0 saturated carbocycles. The van der Waals surface area contributed by atoms with Gasteiger partial charge in [-0.25, -0.2) is 19.7 Å². The van der Waals surface area contributed by atoms with Crippen LogP contribution >= 0.6 is 0 Å². The minimum Gasteiger partial charge on any atom is -0.480 e. The largest absolute Gasteiger partial charge is 0.480 e. The summed E-state index contributed by atoms with van der Waals surface area (Å²) < 4.78 is 6.90. The summed E-state index contributed by atoms with van der Waals surface area (Å²) in [4.78, 5) is 23.8. The van der Waals surface area contributed by atoms with Crippen molar-refractivity contribution in [3.05, 3.63) is 12.7 Å². The van der Waals surface area contributed by atoms with Gasteiger partial charge < -0.3 is 30.5 Å². The van der Waals surface area contributed by atoms with Crippen LogP contribution in [0.5, 0.6) is 0 Å². The van der Waals surface area contributed by atoms with Gasteiger partial charge in [0.05, 0.1) is 12.9 Å². The highest BCUT2D eigenvalue weighted by Crippen LogP contribution is 2.32. The van der Waals surface area contributed by atoms with Gasteiger partial charge in [-0.15, -0.1) is 0 Å². The molecule has 3 rings (SSSR count). The second kappa shape index (κ2) is 7.11. The van der Waals surface area contributed by atoms with Gasteiger partial charge in [0, 0.05) is 0 Å². The van der Waals surface area contributed by atoms with Gasteiger partial charge in [-0.1, -0.05) is 13.8 Å². The van der Waals surface area contributed by atoms with Gasteiger partial charge in [0.2, 0.25) is 0 Å². The molecular formula is C15H21N5O6. The molecule has 0 aliphatic carbocycles. The van der Waals surface area contributed by atoms with E-state index < -0.39 is 43.2 Å². The van der Waals surface area contributed by atoms with E-state index in [1.807, 2.05) is 0 Å². The molecule has 3 heterocycles. The van der Waals surface area contributed by atoms with E-state index in [9.17, 15) is 25.2 Å². The topological polar surface area (TPSA) is 163 Å². The second-order valence-corrected chi connectivity index (χ2v) is 6.48. The molecule has 1 saturated heterocycles. The molecule has 5 N–H and O–H groups in total. The normalized spacial score (nSPS) is 27.2. The number of carbonyl (C=O) groups is 1. The second-order valence-electron chi connectivity index (χ2n) is 6.48. The molecule has 26 heavy (non-hydrogen) atoms. The van der Waals surface area contributed by atoms with Crippen LogP contribution in [0.2, 0.25) is 0 Å². The van der Waals surface area contributed by atoms with Gasteiger partial charge in [-0.05, 0) is 5.92 Å². The van der Waals surface area contributed by atoms with Gasteiger partial charge in [0.1, 0.15) is 30.7 Å². The quantitative estimate of drug-likeness (QED) is 0.426. The average Bonchev–Trinajstić information content (AvgIpc) is 3.14. The fourth-order valence-electron chi connectivity index (χ4n) is 2.91. The SMILES string of the molecule is CC(C)C(Nc1ncnc2c1ncn2C1OC(CO)C(O)C1O)C(=O)O. The van der Waals surface area contributed by atoms with Crippen LogP contribution in [0, 0.1) is 5.92 Å². The number of hydrogen-bond donors (Lipinski definition) is 5. The maximum Gasteiger partial charge on any atom is 0.326 e. The number of aliphatic hydroxyl groups excluding tert-OH is 3. The Kier molecular flexibility index (Phi) is 5.05. The van der Waals surface area contributed by atoms with E-state index in [0.29, 0.717) is 11.2 Å². The van der Waals surface area contributed by atoms with Crippen molar-refractivity contribution in [1.82, 2.24) is 19.5 Å². The number of carboxylic acids is 1. The molecule has 0 aromatic carbocycles. The van der Waals surface area contributed by atoms with Crippen molar-refractivity contribution in [3.8, 4) is 0 Å². The third-order valence-corrected chi connectivity index (χ3v) is 4.38. The van der Waals surface area contributed by atoms with Crippen LogP contribution in [0.3, 0.4) is 0 Å². The zero-order valence-corrected chi connectivity index (χ0v) is 14.2. The van der Waals surface area contributed by atoms with Crippen molar-refractivity contribution in [2.75, 3.05) is 11.9 Å². The molecule has 1 aliphatic rings. The van der Waals surface area contributed by atoms with Crippen LogP contribution in [0.25, 0.3) is 11.2 Å². The summed E-state index contributed by atoms with van der Waals surface area (Å²) in [5, 5.41) is 41.5. The lowest BCUT2D eigenvalue weighted by atomic mass is 10.1. The molecule has 142 valence electrons. The highest BCUT2D eigenvalue weighted by atomic mass is 16.6. The van der Waals surface area contributed by atoms with E-state index in [1.165, 1.54) is 17.2 Å². The number of anilines is 1. The monoisotopic (exact) mass is 367 g/mol. The van der Waals surface area contributed by atoms with E-state index in [2.05, 4.69) is 20.3 Å². The molecule has 0 spiro atoms. The number of fused-ring (bicyclic) bond motifs is 1. The van der Waals surface area contributed by atoms with Crippen molar-refractivity contribution in [3.63, 3.8) is 0 Å². The number of rotatable bonds is 6. The Balaban J connectivity index is 1.96. The average molecular weight is 367 g/mol. The third-order valence-electron chi connectivity index (χ3n) is 4.38. The summed E-state index contributed by atoms with van der Waals surface area (Å²) in [5.41, 5.74) is 0.599. The molecule has 0 amide bonds. The number of nitrogens with zero attached hydrogens (tertiary/aromatic N) is 4. The Morgan fingerprint density at radius 2 is 2.04 bits per heavy atom. The van der Waals surface area contributed by atoms with Gasteiger partial charge in [0.15, 0.2) is 23.2 Å². The predicted molar refractivity (Wildman–Crippen MR) is 88.2 cm³/mol. The Morgan fingerprint density at radius 1 is 1.31 bits per heavy atom. The minimum absolute atomic E-state index is 0.194. The lowest BCUT2D eigenvalue weighted by Gasteiger charge is -2.19. The molecule has 11 heteroatoms. The molecule has 0 bridgehead atoms. The lowest BCUT2D eigenvalue weighted by Crippen LogP contribution is -2.34. The molecule has 1 aliphatic heterocycles. The molecule has 5 unspecified atom stereocenters. The first kappa shape index (κ1) is 18.5. The Hall–Kier alpha value is -2.34. The molecule has 5 atom stereocenters. The summed E-state index contributed by atoms with van der Waals surface area (Å²) in [6, 6.07) is -0.868. The summed E-state index contributed by atoms with van der Waals surface area (Å²) >= 11 is 0. The molecular weight excluding hydrogens is 346 g/mol. The Labute approximate surface area is 148 Å². The number of imidazole rings is 1. The number of aliphatic hydroxyl groups is 3. The number of aliphatic carboxylic acids is 1. The molecule has 1 fully saturated rings. The summed E-state index contributed by atoms with van der Waals surface area (Å²) in [6.07, 6.45) is -1.85. The standard InChI is InChI=1S/C15H21N5O6/c1-6(2)8(15(24)25)19-12-9-13(17-4-16-12)20(5-18-9)14-11(23)10(22)7(3-21)26-14/h4-8,10-11,14,21-23H,3H2,1-2H3,(H,24,25)(H,16,17,19). The van der Waals surface area contributed by atoms with Gasteiger partial charge in [-0.3, -0.25) is 4.57 Å². The van der Waals surface area contributed by atoms with Crippen LogP contribution in [-0.4, -0.2) is 76.9 Å². The van der Waals surface area contributed by atoms with Crippen LogP contribution in [0.4, 0.5) is 5.82 Å². The van der Waals surface area contributed by atoms with E-state index >= 15 is 0 Å². The first-order valence-electron chi connectivity index (χ1n) is 8.14. The molecule has 2 aromatic heterocycles. The van der Waals surface area contributed by atoms with E-state index in [4.69, 9.17) is 4.74 Å². The predicted octanol–water partition coefficient (Wildman–Crippen LogP) is -1.04. The van der Waals surface area contributed by atoms with Crippen LogP contribution < -0.4 is 5.32 Å². The van der Waals surface area contributed by atoms with Crippen molar-refractivity contribution >= 4 is 23.0 Å². The number of carboxylic acid groups (broad SMARTS) is 1. The van der Waals surface area contributed by atoms with Crippen molar-refractivity contribution < 1.29 is 30.0 Å². The summed E-state index contributed by atoms with van der Waals surface area (Å²) in [5.74, 6) is -0.976. The number of nitrogens with one attached hydrogen (secondary N) is 1. The first-order chi connectivity index (χ1) is 12.3. The van der Waals surface area contributed by atoms with E-state index in [1.54, 1.807) is 13.8 Å². The highest BCUT2D eigenvalue weighted by Gasteiger charge is 2.44. The first-order valence-corrected chi connectivity index (χ1v) is 8.14. The van der Waals surface area contributed by atoms with Gasteiger partial charge >= 0.3 is 5.97 Å². The molecule has 2 aromatic rings. The van der Waals surface area contributed by atoms with Gasteiger partial charge in [0.25, 0.3) is 0 Å². The number of hydrogen-bond acceptors (Lipinski definition) is 9. The van der Waals surface area contributed by atoms with Gasteiger partial charge in [-0.2, -0.15) is 0 Å². The van der Waals surface area contributed by atoms with E-state index in [0.717, 1.165) is 0 Å². The zero-order chi connectivity index (χ0) is 19.0. The van der Waals surface area contributed by atoms with E-state index in [-0.39, 0.29) is 11.7 Å².